The van der Waals surface area contributed by atoms with Gasteiger partial charge >= 0.3 is 5.97 Å². The molecule has 24 heavy (non-hydrogen) atoms. The number of carboxylic acids is 1. The number of carbonyl (C=O) groups is 4. The first-order valence-corrected chi connectivity index (χ1v) is 8.15. The minimum Gasteiger partial charge on any atom is -0.480 e. The van der Waals surface area contributed by atoms with Crippen LogP contribution in [0.1, 0.15) is 41.5 Å². The summed E-state index contributed by atoms with van der Waals surface area (Å²) in [5, 5.41) is 11.5. The molecule has 1 heterocycles. The van der Waals surface area contributed by atoms with Crippen molar-refractivity contribution in [3.63, 3.8) is 0 Å². The number of fused-ring (bicyclic) bond motifs is 1. The number of rotatable bonds is 5. The Morgan fingerprint density at radius 1 is 1.12 bits per heavy atom. The van der Waals surface area contributed by atoms with E-state index in [1.807, 2.05) is 0 Å². The number of halogens is 1. The first kappa shape index (κ1) is 18.1. The Balaban J connectivity index is 2.23. The number of carboxylic acid groups (broad SMARTS) is 1. The molecule has 0 radical (unpaired) electrons. The van der Waals surface area contributed by atoms with Gasteiger partial charge in [-0.2, -0.15) is 0 Å². The molecule has 1 aromatic carbocycles. The first-order valence-electron chi connectivity index (χ1n) is 7.35. The molecule has 2 rings (SSSR count). The van der Waals surface area contributed by atoms with Crippen LogP contribution in [0.5, 0.6) is 0 Å². The summed E-state index contributed by atoms with van der Waals surface area (Å²) in [6.07, 6.45) is 0. The third-order valence-corrected chi connectivity index (χ3v) is 4.37. The lowest BCUT2D eigenvalue weighted by atomic mass is 10.0. The summed E-state index contributed by atoms with van der Waals surface area (Å²) < 4.78 is 0.645. The number of hydrogen-bond donors (Lipinski definition) is 2. The molecule has 2 atom stereocenters. The maximum absolute atomic E-state index is 12.4. The number of nitrogens with one attached hydrogen (secondary N) is 1. The molecule has 8 heteroatoms. The topological polar surface area (TPSA) is 104 Å². The molecule has 1 aliphatic rings. The van der Waals surface area contributed by atoms with E-state index in [2.05, 4.69) is 21.2 Å². The van der Waals surface area contributed by atoms with E-state index in [0.717, 1.165) is 4.90 Å². The fraction of sp³-hybridized carbons (Fsp3) is 0.375. The lowest BCUT2D eigenvalue weighted by molar-refractivity contribution is -0.143. The zero-order chi connectivity index (χ0) is 18.2. The fourth-order valence-corrected chi connectivity index (χ4v) is 2.85. The van der Waals surface area contributed by atoms with Gasteiger partial charge in [-0.25, -0.2) is 4.79 Å². The highest BCUT2D eigenvalue weighted by atomic mass is 79.9. The smallest absolute Gasteiger partial charge is 0.326 e. The van der Waals surface area contributed by atoms with Crippen molar-refractivity contribution >= 4 is 39.6 Å². The van der Waals surface area contributed by atoms with Crippen molar-refractivity contribution in [3.05, 3.63) is 33.8 Å². The highest BCUT2D eigenvalue weighted by Crippen LogP contribution is 2.27. The van der Waals surface area contributed by atoms with E-state index in [9.17, 15) is 19.2 Å². The zero-order valence-corrected chi connectivity index (χ0v) is 15.0. The van der Waals surface area contributed by atoms with Gasteiger partial charge in [-0.3, -0.25) is 19.3 Å². The molecule has 0 spiro atoms. The molecule has 0 fully saturated rings. The zero-order valence-electron chi connectivity index (χ0n) is 13.4. The lowest BCUT2D eigenvalue weighted by Gasteiger charge is -2.25. The summed E-state index contributed by atoms with van der Waals surface area (Å²) in [5.41, 5.74) is 0.439. The van der Waals surface area contributed by atoms with Gasteiger partial charge < -0.3 is 10.4 Å². The summed E-state index contributed by atoms with van der Waals surface area (Å²) in [5.74, 6) is -3.34. The van der Waals surface area contributed by atoms with Gasteiger partial charge in [0.05, 0.1) is 11.1 Å². The van der Waals surface area contributed by atoms with Gasteiger partial charge in [0, 0.05) is 4.47 Å². The van der Waals surface area contributed by atoms with Crippen LogP contribution >= 0.6 is 15.9 Å². The van der Waals surface area contributed by atoms with E-state index in [1.165, 1.54) is 19.1 Å². The third kappa shape index (κ3) is 3.19. The van der Waals surface area contributed by atoms with Crippen LogP contribution in [0.15, 0.2) is 22.7 Å². The summed E-state index contributed by atoms with van der Waals surface area (Å²) in [6, 6.07) is 2.46. The number of nitrogens with zero attached hydrogens (tertiary/aromatic N) is 1. The molecule has 1 unspecified atom stereocenters. The van der Waals surface area contributed by atoms with Crippen LogP contribution < -0.4 is 5.32 Å². The largest absolute Gasteiger partial charge is 0.480 e. The molecular weight excluding hydrogens is 380 g/mol. The summed E-state index contributed by atoms with van der Waals surface area (Å²) in [7, 11) is 0. The quantitative estimate of drug-likeness (QED) is 0.736. The number of amides is 3. The van der Waals surface area contributed by atoms with Gasteiger partial charge in [-0.15, -0.1) is 0 Å². The Morgan fingerprint density at radius 3 is 2.25 bits per heavy atom. The van der Waals surface area contributed by atoms with Crippen molar-refractivity contribution in [1.82, 2.24) is 10.2 Å². The van der Waals surface area contributed by atoms with Crippen LogP contribution in [0.3, 0.4) is 0 Å². The number of hydrogen-bond acceptors (Lipinski definition) is 4. The molecule has 1 aliphatic heterocycles. The number of benzene rings is 1. The second-order valence-corrected chi connectivity index (χ2v) is 6.83. The van der Waals surface area contributed by atoms with Crippen molar-refractivity contribution in [2.45, 2.75) is 32.9 Å². The van der Waals surface area contributed by atoms with E-state index >= 15 is 0 Å². The van der Waals surface area contributed by atoms with Gasteiger partial charge in [-0.05, 0) is 31.0 Å². The Kier molecular flexibility index (Phi) is 5.08. The van der Waals surface area contributed by atoms with Gasteiger partial charge in [-0.1, -0.05) is 29.8 Å². The van der Waals surface area contributed by atoms with Crippen LogP contribution in [0, 0.1) is 5.92 Å². The Hall–Kier alpha value is -2.22. The monoisotopic (exact) mass is 396 g/mol. The molecule has 0 saturated carbocycles. The first-order chi connectivity index (χ1) is 11.1. The summed E-state index contributed by atoms with van der Waals surface area (Å²) in [4.78, 5) is 49.2. The van der Waals surface area contributed by atoms with Gasteiger partial charge in [0.25, 0.3) is 11.8 Å². The maximum atomic E-state index is 12.4. The van der Waals surface area contributed by atoms with Crippen LogP contribution in [-0.4, -0.2) is 45.8 Å². The minimum atomic E-state index is -1.17. The van der Waals surface area contributed by atoms with Crippen molar-refractivity contribution in [2.75, 3.05) is 0 Å². The number of aliphatic carboxylic acids is 1. The predicted molar refractivity (Wildman–Crippen MR) is 88.5 cm³/mol. The Morgan fingerprint density at radius 2 is 1.71 bits per heavy atom. The van der Waals surface area contributed by atoms with Crippen molar-refractivity contribution in [2.24, 2.45) is 5.92 Å². The van der Waals surface area contributed by atoms with Crippen molar-refractivity contribution in [1.29, 1.82) is 0 Å². The third-order valence-electron chi connectivity index (χ3n) is 3.88. The summed E-state index contributed by atoms with van der Waals surface area (Å²) in [6.45, 7) is 4.71. The molecular formula is C16H17BrN2O5. The molecule has 1 aromatic rings. The van der Waals surface area contributed by atoms with Crippen LogP contribution in [0.25, 0.3) is 0 Å². The summed E-state index contributed by atoms with van der Waals surface area (Å²) >= 11 is 3.24. The molecule has 3 amide bonds. The van der Waals surface area contributed by atoms with Gasteiger partial charge in [0.2, 0.25) is 5.91 Å². The highest BCUT2D eigenvalue weighted by Gasteiger charge is 2.41. The van der Waals surface area contributed by atoms with E-state index in [1.54, 1.807) is 19.9 Å². The minimum absolute atomic E-state index is 0.215. The lowest BCUT2D eigenvalue weighted by Crippen LogP contribution is -2.53. The Labute approximate surface area is 147 Å². The standard InChI is InChI=1S/C16H17BrN2O5/c1-7(2)12(16(23)24)18-13(20)8(3)19-14(21)10-5-4-9(17)6-11(10)15(19)22/h4-8,12H,1-3H3,(H,18,20)(H,23,24)/t8?,12-/m1/s1. The molecule has 0 aromatic heterocycles. The SMILES string of the molecule is CC(C)[C@@H](NC(=O)C(C)N1C(=O)c2ccc(Br)cc2C1=O)C(=O)O. The fourth-order valence-electron chi connectivity index (χ4n) is 2.49. The van der Waals surface area contributed by atoms with Crippen molar-refractivity contribution in [3.8, 4) is 0 Å². The highest BCUT2D eigenvalue weighted by molar-refractivity contribution is 9.10. The second kappa shape index (κ2) is 6.72. The average Bonchev–Trinajstić information content (AvgIpc) is 2.74. The van der Waals surface area contributed by atoms with Gasteiger partial charge in [0.1, 0.15) is 12.1 Å². The molecule has 128 valence electrons. The molecule has 2 N–H and O–H groups in total. The van der Waals surface area contributed by atoms with Gasteiger partial charge in [0.15, 0.2) is 0 Å². The number of imide groups is 1. The maximum Gasteiger partial charge on any atom is 0.326 e. The van der Waals surface area contributed by atoms with E-state index in [0.29, 0.717) is 4.47 Å². The van der Waals surface area contributed by atoms with Crippen LogP contribution in [0.2, 0.25) is 0 Å². The predicted octanol–water partition coefficient (Wildman–Crippen LogP) is 1.66. The molecule has 0 saturated heterocycles. The van der Waals surface area contributed by atoms with Crippen LogP contribution in [0.4, 0.5) is 0 Å². The second-order valence-electron chi connectivity index (χ2n) is 5.91. The normalized spacial score (nSPS) is 16.1. The van der Waals surface area contributed by atoms with E-state index in [4.69, 9.17) is 5.11 Å². The number of carbonyl (C=O) groups excluding carboxylic acids is 3. The Bertz CT molecular complexity index is 731. The van der Waals surface area contributed by atoms with E-state index in [-0.39, 0.29) is 17.0 Å². The van der Waals surface area contributed by atoms with Crippen LogP contribution in [-0.2, 0) is 9.59 Å². The van der Waals surface area contributed by atoms with Crippen molar-refractivity contribution < 1.29 is 24.3 Å². The van der Waals surface area contributed by atoms with E-state index < -0.39 is 35.8 Å². The average molecular weight is 397 g/mol. The molecule has 0 aliphatic carbocycles. The molecule has 7 nitrogen and oxygen atoms in total. The molecule has 0 bridgehead atoms.